The lowest BCUT2D eigenvalue weighted by Crippen LogP contribution is -2.14. The van der Waals surface area contributed by atoms with Crippen molar-refractivity contribution in [2.45, 2.75) is 47.0 Å². The zero-order chi connectivity index (χ0) is 21.1. The van der Waals surface area contributed by atoms with E-state index >= 15 is 0 Å². The van der Waals surface area contributed by atoms with Crippen molar-refractivity contribution >= 4 is 23.9 Å². The lowest BCUT2D eigenvalue weighted by Gasteiger charge is -2.08. The molecule has 0 aliphatic carbocycles. The van der Waals surface area contributed by atoms with Gasteiger partial charge in [-0.1, -0.05) is 0 Å². The van der Waals surface area contributed by atoms with Crippen LogP contribution in [0.5, 0.6) is 0 Å². The molecule has 0 aromatic carbocycles. The summed E-state index contributed by atoms with van der Waals surface area (Å²) >= 11 is 0. The third-order valence-electron chi connectivity index (χ3n) is 3.69. The van der Waals surface area contributed by atoms with Crippen LogP contribution in [0.1, 0.15) is 66.2 Å². The summed E-state index contributed by atoms with van der Waals surface area (Å²) in [7, 11) is 0. The van der Waals surface area contributed by atoms with Gasteiger partial charge in [0, 0.05) is 6.42 Å². The molecule has 0 fully saturated rings. The van der Waals surface area contributed by atoms with Crippen LogP contribution in [-0.4, -0.2) is 55.3 Å². The highest BCUT2D eigenvalue weighted by Crippen LogP contribution is 2.24. The van der Waals surface area contributed by atoms with E-state index in [0.717, 1.165) is 0 Å². The molecule has 0 spiro atoms. The number of ether oxygens (including phenoxy) is 4. The van der Waals surface area contributed by atoms with Gasteiger partial charge in [-0.3, -0.25) is 9.59 Å². The van der Waals surface area contributed by atoms with Crippen molar-refractivity contribution in [1.82, 2.24) is 4.98 Å². The highest BCUT2D eigenvalue weighted by Gasteiger charge is 2.29. The number of nitrogens with one attached hydrogen (secondary N) is 1. The minimum Gasteiger partial charge on any atom is -0.466 e. The van der Waals surface area contributed by atoms with Crippen molar-refractivity contribution in [2.75, 3.05) is 26.4 Å². The fourth-order valence-corrected chi connectivity index (χ4v) is 2.62. The Kier molecular flexibility index (Phi) is 9.76. The van der Waals surface area contributed by atoms with E-state index in [-0.39, 0.29) is 62.6 Å². The summed E-state index contributed by atoms with van der Waals surface area (Å²) < 4.78 is 19.9. The van der Waals surface area contributed by atoms with E-state index in [1.807, 2.05) is 0 Å². The number of H-pyrrole nitrogens is 1. The second-order valence-corrected chi connectivity index (χ2v) is 5.56. The maximum absolute atomic E-state index is 12.4. The monoisotopic (exact) mass is 397 g/mol. The first kappa shape index (κ1) is 23.2. The van der Waals surface area contributed by atoms with Gasteiger partial charge in [0.2, 0.25) is 0 Å². The molecule has 0 aliphatic rings. The summed E-state index contributed by atoms with van der Waals surface area (Å²) in [6.45, 7) is 7.25. The summed E-state index contributed by atoms with van der Waals surface area (Å²) in [6, 6.07) is 0. The van der Waals surface area contributed by atoms with Crippen LogP contribution in [0.3, 0.4) is 0 Å². The van der Waals surface area contributed by atoms with Crippen molar-refractivity contribution in [1.29, 1.82) is 0 Å². The van der Waals surface area contributed by atoms with Gasteiger partial charge in [0.25, 0.3) is 0 Å². The molecule has 28 heavy (non-hydrogen) atoms. The molecular weight excluding hydrogens is 370 g/mol. The fourth-order valence-electron chi connectivity index (χ4n) is 2.62. The molecule has 0 saturated carbocycles. The molecule has 1 heterocycles. The molecule has 1 aromatic heterocycles. The number of aromatic nitrogens is 1. The molecule has 9 nitrogen and oxygen atoms in total. The molecule has 156 valence electrons. The van der Waals surface area contributed by atoms with E-state index in [1.165, 1.54) is 0 Å². The van der Waals surface area contributed by atoms with Gasteiger partial charge in [-0.2, -0.15) is 0 Å². The molecule has 1 aromatic rings. The standard InChI is InChI=1S/C19H27NO8/c1-5-25-14(21)10-9-12-13(11-15(22)26-6-2)17(19(24)28-8-4)20-16(12)18(23)27-7-3/h20H,5-11H2,1-4H3. The Morgan fingerprint density at radius 1 is 0.679 bits per heavy atom. The predicted molar refractivity (Wildman–Crippen MR) is 98.0 cm³/mol. The molecule has 0 unspecified atom stereocenters. The summed E-state index contributed by atoms with van der Waals surface area (Å²) in [4.78, 5) is 51.2. The molecule has 0 aliphatic heterocycles. The van der Waals surface area contributed by atoms with Crippen molar-refractivity contribution < 1.29 is 38.1 Å². The van der Waals surface area contributed by atoms with E-state index in [9.17, 15) is 19.2 Å². The largest absolute Gasteiger partial charge is 0.466 e. The van der Waals surface area contributed by atoms with Crippen LogP contribution in [-0.2, 0) is 41.4 Å². The number of aromatic amines is 1. The van der Waals surface area contributed by atoms with E-state index in [2.05, 4.69) is 4.98 Å². The Morgan fingerprint density at radius 3 is 1.64 bits per heavy atom. The Labute approximate surface area is 163 Å². The first-order valence-corrected chi connectivity index (χ1v) is 9.28. The van der Waals surface area contributed by atoms with Crippen LogP contribution < -0.4 is 0 Å². The van der Waals surface area contributed by atoms with Crippen LogP contribution in [0.25, 0.3) is 0 Å². The number of hydrogen-bond acceptors (Lipinski definition) is 8. The quantitative estimate of drug-likeness (QED) is 0.444. The van der Waals surface area contributed by atoms with E-state index < -0.39 is 23.9 Å². The van der Waals surface area contributed by atoms with Crippen LogP contribution in [0.2, 0.25) is 0 Å². The van der Waals surface area contributed by atoms with Crippen molar-refractivity contribution in [3.63, 3.8) is 0 Å². The molecular formula is C19H27NO8. The maximum Gasteiger partial charge on any atom is 0.355 e. The highest BCUT2D eigenvalue weighted by molar-refractivity contribution is 5.97. The fraction of sp³-hybridized carbons (Fsp3) is 0.579. The minimum atomic E-state index is -0.713. The lowest BCUT2D eigenvalue weighted by atomic mass is 10.0. The van der Waals surface area contributed by atoms with E-state index in [1.54, 1.807) is 27.7 Å². The lowest BCUT2D eigenvalue weighted by molar-refractivity contribution is -0.143. The maximum atomic E-state index is 12.4. The van der Waals surface area contributed by atoms with Gasteiger partial charge in [0.1, 0.15) is 11.4 Å². The summed E-state index contributed by atoms with van der Waals surface area (Å²) in [5.41, 5.74) is 0.567. The SMILES string of the molecule is CCOC(=O)CCc1c(C(=O)OCC)[nH]c(C(=O)OCC)c1CC(=O)OCC. The number of carbonyl (C=O) groups is 4. The average molecular weight is 397 g/mol. The Hall–Kier alpha value is -2.84. The Bertz CT molecular complexity index is 707. The molecule has 9 heteroatoms. The molecule has 0 saturated heterocycles. The van der Waals surface area contributed by atoms with E-state index in [0.29, 0.717) is 5.56 Å². The topological polar surface area (TPSA) is 121 Å². The molecule has 0 amide bonds. The zero-order valence-electron chi connectivity index (χ0n) is 16.7. The Balaban J connectivity index is 3.39. The van der Waals surface area contributed by atoms with Gasteiger partial charge >= 0.3 is 23.9 Å². The number of carbonyl (C=O) groups excluding carboxylic acids is 4. The highest BCUT2D eigenvalue weighted by atomic mass is 16.5. The molecule has 0 radical (unpaired) electrons. The smallest absolute Gasteiger partial charge is 0.355 e. The summed E-state index contributed by atoms with van der Waals surface area (Å²) in [6.07, 6.45) is -0.204. The molecule has 0 atom stereocenters. The minimum absolute atomic E-state index is 0.00787. The van der Waals surface area contributed by atoms with Gasteiger partial charge in [-0.25, -0.2) is 9.59 Å². The number of rotatable bonds is 11. The van der Waals surface area contributed by atoms with Crippen LogP contribution >= 0.6 is 0 Å². The first-order valence-electron chi connectivity index (χ1n) is 9.28. The van der Waals surface area contributed by atoms with Crippen LogP contribution in [0.4, 0.5) is 0 Å². The van der Waals surface area contributed by atoms with E-state index in [4.69, 9.17) is 18.9 Å². The summed E-state index contributed by atoms with van der Waals surface area (Å²) in [5.74, 6) is -2.44. The van der Waals surface area contributed by atoms with Gasteiger partial charge in [-0.05, 0) is 45.2 Å². The van der Waals surface area contributed by atoms with Gasteiger partial charge in [-0.15, -0.1) is 0 Å². The Morgan fingerprint density at radius 2 is 1.14 bits per heavy atom. The number of hydrogen-bond donors (Lipinski definition) is 1. The molecule has 0 bridgehead atoms. The van der Waals surface area contributed by atoms with Crippen LogP contribution in [0.15, 0.2) is 0 Å². The second kappa shape index (κ2) is 11.8. The van der Waals surface area contributed by atoms with Crippen LogP contribution in [0, 0.1) is 0 Å². The summed E-state index contributed by atoms with van der Waals surface area (Å²) in [5, 5.41) is 0. The van der Waals surface area contributed by atoms with Gasteiger partial charge in [0.15, 0.2) is 0 Å². The molecule has 1 rings (SSSR count). The zero-order valence-corrected chi connectivity index (χ0v) is 16.7. The van der Waals surface area contributed by atoms with Gasteiger partial charge in [0.05, 0.1) is 32.8 Å². The third kappa shape index (κ3) is 6.40. The predicted octanol–water partition coefficient (Wildman–Crippen LogP) is 1.97. The number of esters is 4. The van der Waals surface area contributed by atoms with Gasteiger partial charge < -0.3 is 23.9 Å². The average Bonchev–Trinajstić information content (AvgIpc) is 2.99. The van der Waals surface area contributed by atoms with Crippen molar-refractivity contribution in [2.24, 2.45) is 0 Å². The van der Waals surface area contributed by atoms with Crippen molar-refractivity contribution in [3.8, 4) is 0 Å². The second-order valence-electron chi connectivity index (χ2n) is 5.56. The molecule has 1 N–H and O–H groups in total. The van der Waals surface area contributed by atoms with Crippen molar-refractivity contribution in [3.05, 3.63) is 22.5 Å². The normalized spacial score (nSPS) is 10.3. The first-order chi connectivity index (χ1) is 13.4. The third-order valence-corrected chi connectivity index (χ3v) is 3.69.